The third kappa shape index (κ3) is 4.41. The van der Waals surface area contributed by atoms with Crippen molar-refractivity contribution >= 4 is 21.5 Å². The molecule has 1 aromatic carbocycles. The summed E-state index contributed by atoms with van der Waals surface area (Å²) >= 11 is 0. The second-order valence-electron chi connectivity index (χ2n) is 4.11. The maximum absolute atomic E-state index is 12.4. The molecular weight excluding hydrogens is 299 g/mol. The van der Waals surface area contributed by atoms with Crippen molar-refractivity contribution in [1.29, 1.82) is 0 Å². The number of hydrogen-bond donors (Lipinski definition) is 2. The van der Waals surface area contributed by atoms with Gasteiger partial charge in [-0.05, 0) is 24.3 Å². The van der Waals surface area contributed by atoms with Crippen LogP contribution >= 0.6 is 0 Å². The molecule has 0 aliphatic rings. The topological polar surface area (TPSA) is 83.5 Å². The molecule has 0 aromatic heterocycles. The van der Waals surface area contributed by atoms with E-state index in [4.69, 9.17) is 5.11 Å². The summed E-state index contributed by atoms with van der Waals surface area (Å²) < 4.78 is 59.5. The van der Waals surface area contributed by atoms with Crippen LogP contribution in [0.5, 0.6) is 0 Å². The third-order valence-electron chi connectivity index (χ3n) is 2.49. The summed E-state index contributed by atoms with van der Waals surface area (Å²) in [6.45, 7) is -0.836. The molecule has 0 bridgehead atoms. The van der Waals surface area contributed by atoms with E-state index in [9.17, 15) is 26.4 Å². The van der Waals surface area contributed by atoms with Crippen LogP contribution < -0.4 is 5.32 Å². The van der Waals surface area contributed by atoms with Gasteiger partial charge in [0.25, 0.3) is 0 Å². The molecular formula is C11H12F3NO4S. The predicted molar refractivity (Wildman–Crippen MR) is 65.2 cm³/mol. The SMILES string of the molecule is CS(=O)(=O)c1ccc(NCC(C(=O)O)C(F)(F)F)cc1. The highest BCUT2D eigenvalue weighted by Gasteiger charge is 2.44. The van der Waals surface area contributed by atoms with Crippen LogP contribution in [0.2, 0.25) is 0 Å². The Kier molecular flexibility index (Phi) is 4.64. The monoisotopic (exact) mass is 311 g/mol. The number of aliphatic carboxylic acids is 1. The van der Waals surface area contributed by atoms with Crippen molar-refractivity contribution in [3.8, 4) is 0 Å². The van der Waals surface area contributed by atoms with E-state index in [1.165, 1.54) is 24.3 Å². The van der Waals surface area contributed by atoms with E-state index < -0.39 is 34.4 Å². The lowest BCUT2D eigenvalue weighted by Crippen LogP contribution is -2.36. The molecule has 20 heavy (non-hydrogen) atoms. The smallest absolute Gasteiger partial charge is 0.403 e. The molecule has 2 N–H and O–H groups in total. The summed E-state index contributed by atoms with van der Waals surface area (Å²) in [5.74, 6) is -4.50. The maximum Gasteiger partial charge on any atom is 0.403 e. The molecule has 0 radical (unpaired) electrons. The zero-order valence-electron chi connectivity index (χ0n) is 10.3. The summed E-state index contributed by atoms with van der Waals surface area (Å²) in [4.78, 5) is 10.5. The summed E-state index contributed by atoms with van der Waals surface area (Å²) in [7, 11) is -3.39. The van der Waals surface area contributed by atoms with E-state index in [1.807, 2.05) is 0 Å². The van der Waals surface area contributed by atoms with Gasteiger partial charge in [0.15, 0.2) is 15.8 Å². The number of sulfone groups is 1. The molecule has 1 rings (SSSR count). The van der Waals surface area contributed by atoms with E-state index in [-0.39, 0.29) is 10.6 Å². The number of carboxylic acid groups (broad SMARTS) is 1. The standard InChI is InChI=1S/C11H12F3NO4S/c1-20(18,19)8-4-2-7(3-5-8)15-6-9(10(16)17)11(12,13)14/h2-5,9,15H,6H2,1H3,(H,16,17). The second-order valence-corrected chi connectivity index (χ2v) is 6.13. The van der Waals surface area contributed by atoms with Crippen molar-refractivity contribution in [2.24, 2.45) is 5.92 Å². The number of carbonyl (C=O) groups is 1. The highest BCUT2D eigenvalue weighted by atomic mass is 32.2. The Labute approximate surface area is 113 Å². The fraction of sp³-hybridized carbons (Fsp3) is 0.364. The van der Waals surface area contributed by atoms with Gasteiger partial charge in [0.2, 0.25) is 0 Å². The lowest BCUT2D eigenvalue weighted by atomic mass is 10.1. The zero-order chi connectivity index (χ0) is 15.6. The fourth-order valence-corrected chi connectivity index (χ4v) is 2.01. The normalized spacial score (nSPS) is 13.8. The molecule has 112 valence electrons. The van der Waals surface area contributed by atoms with Gasteiger partial charge >= 0.3 is 12.1 Å². The largest absolute Gasteiger partial charge is 0.481 e. The molecule has 1 unspecified atom stereocenters. The van der Waals surface area contributed by atoms with E-state index in [1.54, 1.807) is 0 Å². The Morgan fingerprint density at radius 2 is 1.80 bits per heavy atom. The minimum atomic E-state index is -4.86. The first-order valence-electron chi connectivity index (χ1n) is 5.35. The maximum atomic E-state index is 12.4. The minimum Gasteiger partial charge on any atom is -0.481 e. The number of alkyl halides is 3. The Morgan fingerprint density at radius 3 is 2.15 bits per heavy atom. The van der Waals surface area contributed by atoms with Crippen molar-refractivity contribution in [3.63, 3.8) is 0 Å². The summed E-state index contributed by atoms with van der Waals surface area (Å²) in [5.41, 5.74) is 0.202. The first kappa shape index (κ1) is 16.3. The Bertz CT molecular complexity index is 581. The molecule has 1 aromatic rings. The zero-order valence-corrected chi connectivity index (χ0v) is 11.1. The van der Waals surface area contributed by atoms with Gasteiger partial charge in [-0.1, -0.05) is 0 Å². The van der Waals surface area contributed by atoms with Crippen molar-refractivity contribution in [1.82, 2.24) is 0 Å². The van der Waals surface area contributed by atoms with Gasteiger partial charge in [-0.15, -0.1) is 0 Å². The van der Waals surface area contributed by atoms with Gasteiger partial charge in [0.05, 0.1) is 4.90 Å². The van der Waals surface area contributed by atoms with Crippen LogP contribution in [0.3, 0.4) is 0 Å². The number of nitrogens with one attached hydrogen (secondary N) is 1. The lowest BCUT2D eigenvalue weighted by molar-refractivity contribution is -0.190. The molecule has 0 aliphatic carbocycles. The summed E-state index contributed by atoms with van der Waals surface area (Å²) in [6, 6.07) is 4.99. The van der Waals surface area contributed by atoms with E-state index >= 15 is 0 Å². The molecule has 0 spiro atoms. The number of anilines is 1. The van der Waals surface area contributed by atoms with Gasteiger partial charge in [-0.2, -0.15) is 13.2 Å². The third-order valence-corrected chi connectivity index (χ3v) is 3.61. The van der Waals surface area contributed by atoms with E-state index in [0.717, 1.165) is 6.26 Å². The van der Waals surface area contributed by atoms with Gasteiger partial charge in [0.1, 0.15) is 0 Å². The Balaban J connectivity index is 2.77. The Morgan fingerprint density at radius 1 is 1.30 bits per heavy atom. The minimum absolute atomic E-state index is 0.0219. The number of carboxylic acids is 1. The van der Waals surface area contributed by atoms with Crippen molar-refractivity contribution in [2.75, 3.05) is 18.1 Å². The van der Waals surface area contributed by atoms with Crippen molar-refractivity contribution in [2.45, 2.75) is 11.1 Å². The van der Waals surface area contributed by atoms with Crippen LogP contribution in [-0.2, 0) is 14.6 Å². The van der Waals surface area contributed by atoms with Crippen LogP contribution in [0.4, 0.5) is 18.9 Å². The van der Waals surface area contributed by atoms with Gasteiger partial charge in [-0.25, -0.2) is 8.42 Å². The molecule has 1 atom stereocenters. The summed E-state index contributed by atoms with van der Waals surface area (Å²) in [5, 5.41) is 10.8. The number of benzene rings is 1. The summed E-state index contributed by atoms with van der Waals surface area (Å²) in [6.07, 6.45) is -3.86. The lowest BCUT2D eigenvalue weighted by Gasteiger charge is -2.17. The average Bonchev–Trinajstić information content (AvgIpc) is 2.26. The van der Waals surface area contributed by atoms with Crippen molar-refractivity contribution in [3.05, 3.63) is 24.3 Å². The first-order chi connectivity index (χ1) is 9.01. The van der Waals surface area contributed by atoms with E-state index in [0.29, 0.717) is 0 Å². The Hall–Kier alpha value is -1.77. The van der Waals surface area contributed by atoms with Gasteiger partial charge in [-0.3, -0.25) is 4.79 Å². The first-order valence-corrected chi connectivity index (χ1v) is 7.24. The quantitative estimate of drug-likeness (QED) is 0.866. The van der Waals surface area contributed by atoms with Crippen LogP contribution in [-0.4, -0.2) is 38.5 Å². The van der Waals surface area contributed by atoms with Crippen LogP contribution in [0.25, 0.3) is 0 Å². The highest BCUT2D eigenvalue weighted by molar-refractivity contribution is 7.90. The predicted octanol–water partition coefficient (Wildman–Crippen LogP) is 1.77. The second kappa shape index (κ2) is 5.70. The van der Waals surface area contributed by atoms with E-state index in [2.05, 4.69) is 5.32 Å². The average molecular weight is 311 g/mol. The van der Waals surface area contributed by atoms with Crippen LogP contribution in [0.15, 0.2) is 29.2 Å². The number of rotatable bonds is 5. The molecule has 0 fully saturated rings. The number of halogens is 3. The van der Waals surface area contributed by atoms with Gasteiger partial charge in [0, 0.05) is 18.5 Å². The molecule has 0 saturated carbocycles. The van der Waals surface area contributed by atoms with Gasteiger partial charge < -0.3 is 10.4 Å². The van der Waals surface area contributed by atoms with Crippen molar-refractivity contribution < 1.29 is 31.5 Å². The highest BCUT2D eigenvalue weighted by Crippen LogP contribution is 2.27. The molecule has 0 saturated heterocycles. The molecule has 0 aliphatic heterocycles. The molecule has 0 amide bonds. The molecule has 5 nitrogen and oxygen atoms in total. The molecule has 9 heteroatoms. The molecule has 0 heterocycles. The fourth-order valence-electron chi connectivity index (χ4n) is 1.38. The number of hydrogen-bond acceptors (Lipinski definition) is 4. The van der Waals surface area contributed by atoms with Crippen LogP contribution in [0.1, 0.15) is 0 Å². The van der Waals surface area contributed by atoms with Crippen LogP contribution in [0, 0.1) is 5.92 Å².